The normalized spacial score (nSPS) is 24.2. The molecule has 0 bridgehead atoms. The number of esters is 1. The molecule has 2 rings (SSSR count). The summed E-state index contributed by atoms with van der Waals surface area (Å²) >= 11 is 0. The first-order chi connectivity index (χ1) is 11.8. The molecular formula is C19H34O6. The van der Waals surface area contributed by atoms with E-state index in [1.807, 2.05) is 13.8 Å². The number of hydrogen-bond acceptors (Lipinski definition) is 6. The first kappa shape index (κ1) is 20.6. The predicted molar refractivity (Wildman–Crippen MR) is 93.1 cm³/mol. The first-order valence-electron chi connectivity index (χ1n) is 9.54. The number of rotatable bonds is 8. The van der Waals surface area contributed by atoms with E-state index in [1.54, 1.807) is 6.92 Å². The zero-order valence-electron chi connectivity index (χ0n) is 16.2. The predicted octanol–water partition coefficient (Wildman–Crippen LogP) is 3.42. The van der Waals surface area contributed by atoms with Crippen LogP contribution in [-0.4, -0.2) is 50.6 Å². The molecule has 2 aliphatic heterocycles. The Morgan fingerprint density at radius 2 is 1.36 bits per heavy atom. The van der Waals surface area contributed by atoms with Gasteiger partial charge in [0.1, 0.15) is 0 Å². The van der Waals surface area contributed by atoms with E-state index in [0.717, 1.165) is 12.8 Å². The molecule has 2 fully saturated rings. The van der Waals surface area contributed by atoms with Crippen molar-refractivity contribution in [3.8, 4) is 0 Å². The molecule has 1 spiro atoms. The lowest BCUT2D eigenvalue weighted by atomic mass is 9.89. The van der Waals surface area contributed by atoms with Crippen LogP contribution in [0.5, 0.6) is 0 Å². The Kier molecular flexibility index (Phi) is 7.26. The number of carbonyl (C=O) groups excluding carboxylic acids is 1. The van der Waals surface area contributed by atoms with Crippen LogP contribution < -0.4 is 0 Å². The third-order valence-electron chi connectivity index (χ3n) is 4.86. The van der Waals surface area contributed by atoms with Crippen LogP contribution in [0.25, 0.3) is 0 Å². The molecule has 0 aromatic carbocycles. The van der Waals surface area contributed by atoms with Gasteiger partial charge in [0, 0.05) is 6.92 Å². The van der Waals surface area contributed by atoms with Crippen LogP contribution in [0.2, 0.25) is 0 Å². The summed E-state index contributed by atoms with van der Waals surface area (Å²) in [6.45, 7) is 9.69. The van der Waals surface area contributed by atoms with E-state index in [1.165, 1.54) is 25.7 Å². The summed E-state index contributed by atoms with van der Waals surface area (Å²) in [6, 6.07) is 0. The maximum absolute atomic E-state index is 12.3. The summed E-state index contributed by atoms with van der Waals surface area (Å²) in [5.74, 6) is -2.36. The molecule has 0 unspecified atom stereocenters. The van der Waals surface area contributed by atoms with Gasteiger partial charge in [0.15, 0.2) is 5.79 Å². The van der Waals surface area contributed by atoms with Crippen molar-refractivity contribution in [1.29, 1.82) is 0 Å². The minimum atomic E-state index is -1.33. The van der Waals surface area contributed by atoms with Gasteiger partial charge in [-0.05, 0) is 20.3 Å². The van der Waals surface area contributed by atoms with Crippen LogP contribution >= 0.6 is 0 Å². The van der Waals surface area contributed by atoms with Gasteiger partial charge < -0.3 is 23.7 Å². The quantitative estimate of drug-likeness (QED) is 0.489. The van der Waals surface area contributed by atoms with E-state index < -0.39 is 17.5 Å². The molecule has 6 heteroatoms. The van der Waals surface area contributed by atoms with E-state index in [-0.39, 0.29) is 5.41 Å². The molecular weight excluding hydrogens is 324 g/mol. The van der Waals surface area contributed by atoms with Crippen molar-refractivity contribution in [3.05, 3.63) is 0 Å². The number of ether oxygens (including phenoxy) is 5. The minimum absolute atomic E-state index is 0.353. The summed E-state index contributed by atoms with van der Waals surface area (Å²) < 4.78 is 28.2. The van der Waals surface area contributed by atoms with Gasteiger partial charge in [-0.25, -0.2) is 4.79 Å². The van der Waals surface area contributed by atoms with Gasteiger partial charge in [0.05, 0.1) is 38.4 Å². The molecule has 25 heavy (non-hydrogen) atoms. The summed E-state index contributed by atoms with van der Waals surface area (Å²) in [5.41, 5.74) is -0.353. The van der Waals surface area contributed by atoms with Gasteiger partial charge in [-0.15, -0.1) is 0 Å². The molecule has 0 aliphatic carbocycles. The zero-order valence-corrected chi connectivity index (χ0v) is 16.2. The number of carbonyl (C=O) groups is 1. The molecule has 0 aromatic rings. The molecule has 2 saturated heterocycles. The van der Waals surface area contributed by atoms with Crippen LogP contribution in [0.1, 0.15) is 66.2 Å². The Bertz CT molecular complexity index is 414. The number of hydrogen-bond donors (Lipinski definition) is 0. The lowest BCUT2D eigenvalue weighted by molar-refractivity contribution is -0.350. The van der Waals surface area contributed by atoms with Gasteiger partial charge in [-0.3, -0.25) is 0 Å². The molecule has 6 nitrogen and oxygen atoms in total. The molecule has 2 aliphatic rings. The second kappa shape index (κ2) is 8.80. The van der Waals surface area contributed by atoms with Crippen molar-refractivity contribution < 1.29 is 28.5 Å². The highest BCUT2D eigenvalue weighted by Crippen LogP contribution is 2.36. The number of unbranched alkanes of at least 4 members (excludes halogenated alkanes) is 5. The van der Waals surface area contributed by atoms with Crippen molar-refractivity contribution >= 4 is 5.97 Å². The lowest BCUT2D eigenvalue weighted by Gasteiger charge is -2.47. The Morgan fingerprint density at radius 1 is 0.840 bits per heavy atom. The van der Waals surface area contributed by atoms with Crippen molar-refractivity contribution in [2.75, 3.05) is 33.0 Å². The third-order valence-corrected chi connectivity index (χ3v) is 4.86. The summed E-state index contributed by atoms with van der Waals surface area (Å²) in [5, 5.41) is 0. The first-order valence-corrected chi connectivity index (χ1v) is 9.54. The Morgan fingerprint density at radius 3 is 1.96 bits per heavy atom. The minimum Gasteiger partial charge on any atom is -0.462 e. The van der Waals surface area contributed by atoms with Crippen molar-refractivity contribution in [1.82, 2.24) is 0 Å². The van der Waals surface area contributed by atoms with E-state index in [4.69, 9.17) is 23.7 Å². The molecule has 0 radical (unpaired) electrons. The van der Waals surface area contributed by atoms with Crippen molar-refractivity contribution in [3.63, 3.8) is 0 Å². The highest BCUT2D eigenvalue weighted by Gasteiger charge is 2.50. The standard InChI is InChI=1S/C19H34O6/c1-5-6-7-8-9-10-11-21-16(20)18(4)24-14-19(15-25-18)12-22-17(2,3)23-13-19/h5-15H2,1-4H3. The van der Waals surface area contributed by atoms with E-state index in [2.05, 4.69) is 6.92 Å². The molecule has 0 saturated carbocycles. The van der Waals surface area contributed by atoms with Gasteiger partial charge in [-0.2, -0.15) is 0 Å². The maximum Gasteiger partial charge on any atom is 0.366 e. The summed E-state index contributed by atoms with van der Waals surface area (Å²) in [4.78, 5) is 12.3. The SMILES string of the molecule is CCCCCCCCOC(=O)C1(C)OCC2(COC(C)(C)OC2)CO1. The monoisotopic (exact) mass is 358 g/mol. The van der Waals surface area contributed by atoms with Crippen LogP contribution in [0.15, 0.2) is 0 Å². The third kappa shape index (κ3) is 5.91. The molecule has 0 N–H and O–H groups in total. The summed E-state index contributed by atoms with van der Waals surface area (Å²) in [6.07, 6.45) is 6.90. The molecule has 0 aromatic heterocycles. The maximum atomic E-state index is 12.3. The smallest absolute Gasteiger partial charge is 0.366 e. The van der Waals surface area contributed by atoms with Crippen LogP contribution in [0.4, 0.5) is 0 Å². The van der Waals surface area contributed by atoms with E-state index in [0.29, 0.717) is 33.0 Å². The fourth-order valence-electron chi connectivity index (χ4n) is 2.86. The van der Waals surface area contributed by atoms with E-state index >= 15 is 0 Å². The van der Waals surface area contributed by atoms with Crippen LogP contribution in [0, 0.1) is 5.41 Å². The summed E-state index contributed by atoms with van der Waals surface area (Å²) in [7, 11) is 0. The largest absolute Gasteiger partial charge is 0.462 e. The highest BCUT2D eigenvalue weighted by molar-refractivity contribution is 5.77. The lowest BCUT2D eigenvalue weighted by Crippen LogP contribution is -2.59. The molecule has 146 valence electrons. The zero-order chi connectivity index (χ0) is 18.4. The average molecular weight is 358 g/mol. The van der Waals surface area contributed by atoms with Crippen molar-refractivity contribution in [2.24, 2.45) is 5.41 Å². The Labute approximate surface area is 151 Å². The second-order valence-electron chi connectivity index (χ2n) is 7.90. The second-order valence-corrected chi connectivity index (χ2v) is 7.90. The van der Waals surface area contributed by atoms with Crippen LogP contribution in [0.3, 0.4) is 0 Å². The highest BCUT2D eigenvalue weighted by atomic mass is 16.7. The average Bonchev–Trinajstić information content (AvgIpc) is 2.59. The van der Waals surface area contributed by atoms with Gasteiger partial charge in [0.25, 0.3) is 5.79 Å². The molecule has 2 heterocycles. The van der Waals surface area contributed by atoms with Crippen LogP contribution in [-0.2, 0) is 28.5 Å². The molecule has 0 atom stereocenters. The molecule has 0 amide bonds. The van der Waals surface area contributed by atoms with Crippen molar-refractivity contribution in [2.45, 2.75) is 77.8 Å². The Balaban J connectivity index is 1.68. The fourth-order valence-corrected chi connectivity index (χ4v) is 2.86. The van der Waals surface area contributed by atoms with Gasteiger partial charge >= 0.3 is 5.97 Å². The van der Waals surface area contributed by atoms with Gasteiger partial charge in [0.2, 0.25) is 0 Å². The van der Waals surface area contributed by atoms with E-state index in [9.17, 15) is 4.79 Å². The Hall–Kier alpha value is -0.690. The topological polar surface area (TPSA) is 63.2 Å². The van der Waals surface area contributed by atoms with Gasteiger partial charge in [-0.1, -0.05) is 39.0 Å². The fraction of sp³-hybridized carbons (Fsp3) is 0.947.